The molecule has 2 aromatic rings. The number of hydrogen-bond acceptors (Lipinski definition) is 3. The lowest BCUT2D eigenvalue weighted by Crippen LogP contribution is -2.00. The van der Waals surface area contributed by atoms with E-state index in [1.165, 1.54) is 24.4 Å². The van der Waals surface area contributed by atoms with Crippen LogP contribution in [0.2, 0.25) is 0 Å². The molecule has 0 aliphatic heterocycles. The van der Waals surface area contributed by atoms with E-state index in [2.05, 4.69) is 10.3 Å². The first-order chi connectivity index (χ1) is 8.58. The summed E-state index contributed by atoms with van der Waals surface area (Å²) in [6.07, 6.45) is 1.25. The van der Waals surface area contributed by atoms with Crippen LogP contribution in [-0.4, -0.2) is 16.1 Å². The predicted octanol–water partition coefficient (Wildman–Crippen LogP) is 2.97. The monoisotopic (exact) mass is 246 g/mol. The number of benzene rings is 1. The standard InChI is InChI=1S/C13H11FN2O2/c1-8-10(14)3-2-4-11(8)16-12-6-5-9(7-15-12)13(17)18/h2-7H,1H3,(H,15,16)(H,17,18). The van der Waals surface area contributed by atoms with Crippen molar-refractivity contribution in [1.82, 2.24) is 4.98 Å². The van der Waals surface area contributed by atoms with Crippen LogP contribution in [0.25, 0.3) is 0 Å². The van der Waals surface area contributed by atoms with Gasteiger partial charge in [0, 0.05) is 17.4 Å². The van der Waals surface area contributed by atoms with E-state index in [4.69, 9.17) is 5.11 Å². The van der Waals surface area contributed by atoms with Gasteiger partial charge in [0.2, 0.25) is 0 Å². The molecule has 0 unspecified atom stereocenters. The van der Waals surface area contributed by atoms with Gasteiger partial charge in [-0.2, -0.15) is 0 Å². The van der Waals surface area contributed by atoms with Crippen molar-refractivity contribution in [2.75, 3.05) is 5.32 Å². The smallest absolute Gasteiger partial charge is 0.337 e. The summed E-state index contributed by atoms with van der Waals surface area (Å²) in [5, 5.41) is 11.7. The molecule has 0 spiro atoms. The van der Waals surface area contributed by atoms with Crippen LogP contribution in [0.5, 0.6) is 0 Å². The number of nitrogens with zero attached hydrogens (tertiary/aromatic N) is 1. The molecule has 92 valence electrons. The van der Waals surface area contributed by atoms with Crippen LogP contribution < -0.4 is 5.32 Å². The first-order valence-corrected chi connectivity index (χ1v) is 5.29. The third-order valence-corrected chi connectivity index (χ3v) is 2.54. The van der Waals surface area contributed by atoms with Crippen molar-refractivity contribution in [3.8, 4) is 0 Å². The highest BCUT2D eigenvalue weighted by atomic mass is 19.1. The summed E-state index contributed by atoms with van der Waals surface area (Å²) in [4.78, 5) is 14.6. The minimum Gasteiger partial charge on any atom is -0.478 e. The Morgan fingerprint density at radius 1 is 1.33 bits per heavy atom. The number of carbonyl (C=O) groups is 1. The van der Waals surface area contributed by atoms with Crippen molar-refractivity contribution in [2.45, 2.75) is 6.92 Å². The lowest BCUT2D eigenvalue weighted by molar-refractivity contribution is 0.0696. The van der Waals surface area contributed by atoms with Gasteiger partial charge in [-0.3, -0.25) is 0 Å². The van der Waals surface area contributed by atoms with E-state index < -0.39 is 5.97 Å². The van der Waals surface area contributed by atoms with Crippen molar-refractivity contribution in [2.24, 2.45) is 0 Å². The highest BCUT2D eigenvalue weighted by Gasteiger charge is 2.06. The molecular formula is C13H11FN2O2. The summed E-state index contributed by atoms with van der Waals surface area (Å²) in [6, 6.07) is 7.67. The fraction of sp³-hybridized carbons (Fsp3) is 0.0769. The van der Waals surface area contributed by atoms with Crippen LogP contribution in [-0.2, 0) is 0 Å². The lowest BCUT2D eigenvalue weighted by Gasteiger charge is -2.09. The molecular weight excluding hydrogens is 235 g/mol. The number of anilines is 2. The Morgan fingerprint density at radius 2 is 2.11 bits per heavy atom. The molecule has 5 heteroatoms. The third kappa shape index (κ3) is 2.45. The van der Waals surface area contributed by atoms with Crippen LogP contribution >= 0.6 is 0 Å². The van der Waals surface area contributed by atoms with Gasteiger partial charge in [0.1, 0.15) is 11.6 Å². The molecule has 0 bridgehead atoms. The van der Waals surface area contributed by atoms with Crippen molar-refractivity contribution < 1.29 is 14.3 Å². The predicted molar refractivity (Wildman–Crippen MR) is 65.6 cm³/mol. The summed E-state index contributed by atoms with van der Waals surface area (Å²) < 4.78 is 13.3. The number of pyridine rings is 1. The molecule has 0 amide bonds. The Bertz CT molecular complexity index is 582. The van der Waals surface area contributed by atoms with Crippen LogP contribution in [0.1, 0.15) is 15.9 Å². The van der Waals surface area contributed by atoms with E-state index in [1.54, 1.807) is 19.1 Å². The molecule has 0 saturated heterocycles. The average Bonchev–Trinajstić information content (AvgIpc) is 2.36. The van der Waals surface area contributed by atoms with E-state index in [9.17, 15) is 9.18 Å². The van der Waals surface area contributed by atoms with Crippen molar-refractivity contribution in [1.29, 1.82) is 0 Å². The van der Waals surface area contributed by atoms with Gasteiger partial charge in [0.05, 0.1) is 5.56 Å². The fourth-order valence-corrected chi connectivity index (χ4v) is 1.48. The molecule has 18 heavy (non-hydrogen) atoms. The van der Waals surface area contributed by atoms with Gasteiger partial charge >= 0.3 is 5.97 Å². The Morgan fingerprint density at radius 3 is 2.72 bits per heavy atom. The largest absolute Gasteiger partial charge is 0.478 e. The number of halogens is 1. The minimum atomic E-state index is -1.03. The highest BCUT2D eigenvalue weighted by molar-refractivity contribution is 5.87. The second-order valence-electron chi connectivity index (χ2n) is 3.77. The molecule has 0 fully saturated rings. The molecule has 0 saturated carbocycles. The second-order valence-corrected chi connectivity index (χ2v) is 3.77. The van der Waals surface area contributed by atoms with Crippen LogP contribution in [0.4, 0.5) is 15.9 Å². The average molecular weight is 246 g/mol. The normalized spacial score (nSPS) is 10.1. The van der Waals surface area contributed by atoms with Gasteiger partial charge in [-0.15, -0.1) is 0 Å². The number of carboxylic acid groups (broad SMARTS) is 1. The van der Waals surface area contributed by atoms with E-state index in [1.807, 2.05) is 0 Å². The van der Waals surface area contributed by atoms with Gasteiger partial charge in [-0.1, -0.05) is 6.07 Å². The maximum atomic E-state index is 13.3. The van der Waals surface area contributed by atoms with E-state index in [0.29, 0.717) is 17.1 Å². The van der Waals surface area contributed by atoms with Gasteiger partial charge in [-0.25, -0.2) is 14.2 Å². The molecule has 1 aromatic carbocycles. The summed E-state index contributed by atoms with van der Waals surface area (Å²) in [7, 11) is 0. The maximum absolute atomic E-state index is 13.3. The fourth-order valence-electron chi connectivity index (χ4n) is 1.48. The van der Waals surface area contributed by atoms with Gasteiger partial charge < -0.3 is 10.4 Å². The number of rotatable bonds is 3. The molecule has 2 rings (SSSR count). The summed E-state index contributed by atoms with van der Waals surface area (Å²) >= 11 is 0. The van der Waals surface area contributed by atoms with Gasteiger partial charge in [-0.05, 0) is 31.2 Å². The molecule has 1 heterocycles. The zero-order valence-electron chi connectivity index (χ0n) is 9.64. The number of nitrogens with one attached hydrogen (secondary N) is 1. The van der Waals surface area contributed by atoms with Crippen molar-refractivity contribution in [3.63, 3.8) is 0 Å². The first-order valence-electron chi connectivity index (χ1n) is 5.29. The highest BCUT2D eigenvalue weighted by Crippen LogP contribution is 2.21. The number of aromatic nitrogens is 1. The Balaban J connectivity index is 2.24. The summed E-state index contributed by atoms with van der Waals surface area (Å²) in [5.41, 5.74) is 1.20. The zero-order valence-corrected chi connectivity index (χ0v) is 9.64. The van der Waals surface area contributed by atoms with Gasteiger partial charge in [0.15, 0.2) is 0 Å². The lowest BCUT2D eigenvalue weighted by atomic mass is 10.2. The zero-order chi connectivity index (χ0) is 13.1. The van der Waals surface area contributed by atoms with Crippen molar-refractivity contribution in [3.05, 3.63) is 53.5 Å². The first kappa shape index (κ1) is 12.0. The van der Waals surface area contributed by atoms with Crippen LogP contribution in [0, 0.1) is 12.7 Å². The van der Waals surface area contributed by atoms with E-state index in [-0.39, 0.29) is 11.4 Å². The van der Waals surface area contributed by atoms with E-state index in [0.717, 1.165) is 0 Å². The van der Waals surface area contributed by atoms with Crippen LogP contribution in [0.3, 0.4) is 0 Å². The molecule has 0 aliphatic carbocycles. The SMILES string of the molecule is Cc1c(F)cccc1Nc1ccc(C(=O)O)cn1. The maximum Gasteiger partial charge on any atom is 0.337 e. The van der Waals surface area contributed by atoms with Gasteiger partial charge in [0.25, 0.3) is 0 Å². The molecule has 0 aliphatic rings. The molecule has 1 aromatic heterocycles. The number of carboxylic acids is 1. The third-order valence-electron chi connectivity index (χ3n) is 2.54. The Labute approximate surface area is 103 Å². The topological polar surface area (TPSA) is 62.2 Å². The Kier molecular flexibility index (Phi) is 3.23. The molecule has 2 N–H and O–H groups in total. The Hall–Kier alpha value is -2.43. The molecule has 4 nitrogen and oxygen atoms in total. The van der Waals surface area contributed by atoms with Crippen LogP contribution in [0.15, 0.2) is 36.5 Å². The number of hydrogen-bond donors (Lipinski definition) is 2. The second kappa shape index (κ2) is 4.83. The van der Waals surface area contributed by atoms with Crippen molar-refractivity contribution >= 4 is 17.5 Å². The van der Waals surface area contributed by atoms with E-state index >= 15 is 0 Å². The molecule has 0 atom stereocenters. The molecule has 0 radical (unpaired) electrons. The number of aromatic carboxylic acids is 1. The minimum absolute atomic E-state index is 0.108. The summed E-state index contributed by atoms with van der Waals surface area (Å²) in [5.74, 6) is -0.869. The summed E-state index contributed by atoms with van der Waals surface area (Å²) in [6.45, 7) is 1.66. The quantitative estimate of drug-likeness (QED) is 0.874.